The van der Waals surface area contributed by atoms with Crippen molar-refractivity contribution in [3.63, 3.8) is 0 Å². The number of Topliss-reactive ketones (excluding diaryl/α,β-unsaturated/α-hetero) is 1. The lowest BCUT2D eigenvalue weighted by Gasteiger charge is -2.17. The van der Waals surface area contributed by atoms with Gasteiger partial charge in [-0.2, -0.15) is 0 Å². The number of rotatable bonds is 8. The Morgan fingerprint density at radius 1 is 1.12 bits per heavy atom. The van der Waals surface area contributed by atoms with Crippen LogP contribution in [-0.2, 0) is 19.1 Å². The van der Waals surface area contributed by atoms with Gasteiger partial charge < -0.3 is 9.47 Å². The van der Waals surface area contributed by atoms with Crippen molar-refractivity contribution in [3.05, 3.63) is 0 Å². The Hall–Kier alpha value is 0.0600. The van der Waals surface area contributed by atoms with E-state index in [2.05, 4.69) is 31.9 Å². The van der Waals surface area contributed by atoms with Crippen LogP contribution in [0.25, 0.3) is 0 Å². The number of halogens is 2. The third-order valence-corrected chi connectivity index (χ3v) is 3.16. The largest absolute Gasteiger partial charge is 0.464 e. The van der Waals surface area contributed by atoms with Crippen molar-refractivity contribution in [2.45, 2.75) is 29.9 Å². The molecule has 0 aromatic rings. The Balaban J connectivity index is 4.17. The van der Waals surface area contributed by atoms with Gasteiger partial charge in [0.15, 0.2) is 5.78 Å². The number of esters is 1. The summed E-state index contributed by atoms with van der Waals surface area (Å²) in [5, 5.41) is 0. The second-order valence-corrected chi connectivity index (χ2v) is 6.63. The monoisotopic (exact) mass is 358 g/mol. The Morgan fingerprint density at radius 2 is 1.69 bits per heavy atom. The number of ketones is 1. The van der Waals surface area contributed by atoms with E-state index in [1.807, 2.05) is 13.8 Å². The average molecular weight is 360 g/mol. The van der Waals surface area contributed by atoms with E-state index < -0.39 is 15.0 Å². The van der Waals surface area contributed by atoms with Crippen LogP contribution in [0.2, 0.25) is 0 Å². The highest BCUT2D eigenvalue weighted by molar-refractivity contribution is 9.26. The number of ether oxygens (including phenoxy) is 2. The number of hydrogen-bond acceptors (Lipinski definition) is 4. The van der Waals surface area contributed by atoms with E-state index in [-0.39, 0.29) is 6.61 Å². The Kier molecular flexibility index (Phi) is 8.23. The smallest absolute Gasteiger partial charge is 0.341 e. The maximum absolute atomic E-state index is 11.6. The van der Waals surface area contributed by atoms with Gasteiger partial charge in [-0.1, -0.05) is 45.7 Å². The zero-order chi connectivity index (χ0) is 12.6. The molecule has 0 bridgehead atoms. The van der Waals surface area contributed by atoms with Crippen LogP contribution in [0.4, 0.5) is 0 Å². The normalized spacial score (nSPS) is 11.2. The van der Waals surface area contributed by atoms with E-state index in [4.69, 9.17) is 9.47 Å². The molecular formula is C10H16Br2O4. The van der Waals surface area contributed by atoms with E-state index in [0.717, 1.165) is 6.42 Å². The highest BCUT2D eigenvalue weighted by atomic mass is 79.9. The summed E-state index contributed by atoms with van der Waals surface area (Å²) in [4.78, 5) is 23.1. The van der Waals surface area contributed by atoms with Gasteiger partial charge in [0, 0.05) is 6.61 Å². The quantitative estimate of drug-likeness (QED) is 0.289. The standard InChI is InChI=1S/C10H16Br2O4/c1-3-5-15-7-8(13)10(11,12)9(14)16-6-4-2/h3-7H2,1-2H3. The highest BCUT2D eigenvalue weighted by Crippen LogP contribution is 2.29. The van der Waals surface area contributed by atoms with E-state index in [0.29, 0.717) is 19.6 Å². The molecule has 0 spiro atoms. The maximum atomic E-state index is 11.6. The molecule has 0 amide bonds. The molecule has 0 aliphatic heterocycles. The molecule has 0 aliphatic rings. The minimum Gasteiger partial charge on any atom is -0.464 e. The van der Waals surface area contributed by atoms with Gasteiger partial charge in [-0.05, 0) is 12.8 Å². The van der Waals surface area contributed by atoms with Gasteiger partial charge >= 0.3 is 5.97 Å². The first-order chi connectivity index (χ1) is 7.46. The molecule has 0 rings (SSSR count). The fourth-order valence-corrected chi connectivity index (χ4v) is 1.26. The van der Waals surface area contributed by atoms with Gasteiger partial charge in [-0.15, -0.1) is 0 Å². The van der Waals surface area contributed by atoms with Crippen molar-refractivity contribution in [1.29, 1.82) is 0 Å². The molecular weight excluding hydrogens is 344 g/mol. The summed E-state index contributed by atoms with van der Waals surface area (Å²) in [5.74, 6) is -1.04. The Bertz CT molecular complexity index is 241. The van der Waals surface area contributed by atoms with Crippen LogP contribution in [0.5, 0.6) is 0 Å². The molecule has 0 radical (unpaired) electrons. The molecule has 94 valence electrons. The predicted molar refractivity (Wildman–Crippen MR) is 68.0 cm³/mol. The molecule has 0 atom stereocenters. The molecule has 0 saturated carbocycles. The average Bonchev–Trinajstić information content (AvgIpc) is 2.25. The van der Waals surface area contributed by atoms with Crippen LogP contribution < -0.4 is 0 Å². The highest BCUT2D eigenvalue weighted by Gasteiger charge is 2.42. The van der Waals surface area contributed by atoms with E-state index >= 15 is 0 Å². The zero-order valence-electron chi connectivity index (χ0n) is 9.42. The van der Waals surface area contributed by atoms with Gasteiger partial charge in [0.2, 0.25) is 3.23 Å². The Labute approximate surface area is 112 Å². The number of carbonyl (C=O) groups excluding carboxylic acids is 2. The van der Waals surface area contributed by atoms with Crippen molar-refractivity contribution in [2.24, 2.45) is 0 Å². The molecule has 6 heteroatoms. The minimum atomic E-state index is -1.48. The summed E-state index contributed by atoms with van der Waals surface area (Å²) in [5.41, 5.74) is 0. The molecule has 0 aromatic carbocycles. The SMILES string of the molecule is CCCOCC(=O)C(Br)(Br)C(=O)OCCC. The summed E-state index contributed by atoms with van der Waals surface area (Å²) in [6, 6.07) is 0. The second-order valence-electron chi connectivity index (χ2n) is 3.19. The van der Waals surface area contributed by atoms with E-state index in [1.165, 1.54) is 0 Å². The lowest BCUT2D eigenvalue weighted by Crippen LogP contribution is -2.38. The van der Waals surface area contributed by atoms with Crippen LogP contribution in [0.15, 0.2) is 0 Å². The lowest BCUT2D eigenvalue weighted by molar-refractivity contribution is -0.146. The second kappa shape index (κ2) is 8.20. The van der Waals surface area contributed by atoms with Crippen LogP contribution in [0.1, 0.15) is 26.7 Å². The van der Waals surface area contributed by atoms with Crippen molar-refractivity contribution in [2.75, 3.05) is 19.8 Å². The summed E-state index contributed by atoms with van der Waals surface area (Å²) >= 11 is 6.02. The van der Waals surface area contributed by atoms with Crippen LogP contribution in [0, 0.1) is 0 Å². The molecule has 0 aromatic heterocycles. The van der Waals surface area contributed by atoms with Crippen molar-refractivity contribution >= 4 is 43.6 Å². The van der Waals surface area contributed by atoms with Crippen LogP contribution >= 0.6 is 31.9 Å². The van der Waals surface area contributed by atoms with Gasteiger partial charge in [-0.3, -0.25) is 4.79 Å². The molecule has 4 nitrogen and oxygen atoms in total. The summed E-state index contributed by atoms with van der Waals surface area (Å²) in [7, 11) is 0. The first-order valence-corrected chi connectivity index (χ1v) is 6.71. The van der Waals surface area contributed by atoms with Crippen LogP contribution in [0.3, 0.4) is 0 Å². The van der Waals surface area contributed by atoms with Crippen molar-refractivity contribution < 1.29 is 19.1 Å². The topological polar surface area (TPSA) is 52.6 Å². The van der Waals surface area contributed by atoms with E-state index in [1.54, 1.807) is 0 Å². The van der Waals surface area contributed by atoms with Gasteiger partial charge in [0.05, 0.1) is 6.61 Å². The van der Waals surface area contributed by atoms with Gasteiger partial charge in [0.1, 0.15) is 6.61 Å². The molecule has 0 heterocycles. The fraction of sp³-hybridized carbons (Fsp3) is 0.800. The zero-order valence-corrected chi connectivity index (χ0v) is 12.6. The molecule has 0 fully saturated rings. The summed E-state index contributed by atoms with van der Waals surface area (Å²) < 4.78 is 8.46. The fourth-order valence-electron chi connectivity index (χ4n) is 0.799. The number of alkyl halides is 2. The van der Waals surface area contributed by atoms with Gasteiger partial charge in [0.25, 0.3) is 0 Å². The van der Waals surface area contributed by atoms with E-state index in [9.17, 15) is 9.59 Å². The van der Waals surface area contributed by atoms with Gasteiger partial charge in [-0.25, -0.2) is 4.79 Å². The number of carbonyl (C=O) groups is 2. The maximum Gasteiger partial charge on any atom is 0.341 e. The molecule has 0 saturated heterocycles. The number of hydrogen-bond donors (Lipinski definition) is 0. The first kappa shape index (κ1) is 16.1. The Morgan fingerprint density at radius 3 is 2.19 bits per heavy atom. The third kappa shape index (κ3) is 5.41. The lowest BCUT2D eigenvalue weighted by atomic mass is 10.3. The molecule has 0 aliphatic carbocycles. The first-order valence-electron chi connectivity index (χ1n) is 5.12. The van der Waals surface area contributed by atoms with Crippen molar-refractivity contribution in [1.82, 2.24) is 0 Å². The van der Waals surface area contributed by atoms with Crippen molar-refractivity contribution in [3.8, 4) is 0 Å². The predicted octanol–water partition coefficient (Wildman–Crippen LogP) is 2.42. The van der Waals surface area contributed by atoms with Crippen LogP contribution in [-0.4, -0.2) is 34.8 Å². The summed E-state index contributed by atoms with van der Waals surface area (Å²) in [6.07, 6.45) is 1.54. The summed E-state index contributed by atoms with van der Waals surface area (Å²) in [6.45, 7) is 4.48. The minimum absolute atomic E-state index is 0.119. The third-order valence-electron chi connectivity index (χ3n) is 1.63. The molecule has 16 heavy (non-hydrogen) atoms. The molecule has 0 unspecified atom stereocenters. The molecule has 0 N–H and O–H groups in total.